The highest BCUT2D eigenvalue weighted by Crippen LogP contribution is 2.36. The van der Waals surface area contributed by atoms with E-state index in [4.69, 9.17) is 21.6 Å². The lowest BCUT2D eigenvalue weighted by Gasteiger charge is -2.37. The van der Waals surface area contributed by atoms with Gasteiger partial charge in [0.05, 0.1) is 24.3 Å². The third kappa shape index (κ3) is 4.22. The van der Waals surface area contributed by atoms with Crippen LogP contribution in [0.5, 0.6) is 0 Å². The Morgan fingerprint density at radius 1 is 1.38 bits per heavy atom. The van der Waals surface area contributed by atoms with Gasteiger partial charge in [0.25, 0.3) is 0 Å². The first-order valence-corrected chi connectivity index (χ1v) is 8.19. The quantitative estimate of drug-likeness (QED) is 0.767. The van der Waals surface area contributed by atoms with Crippen molar-refractivity contribution in [1.29, 1.82) is 5.26 Å². The zero-order chi connectivity index (χ0) is 15.4. The van der Waals surface area contributed by atoms with Gasteiger partial charge in [-0.2, -0.15) is 5.26 Å². The zero-order valence-electron chi connectivity index (χ0n) is 13.1. The van der Waals surface area contributed by atoms with Gasteiger partial charge < -0.3 is 4.74 Å². The molecular formula is C18H24ClNO. The first kappa shape index (κ1) is 16.3. The summed E-state index contributed by atoms with van der Waals surface area (Å²) in [6.45, 7) is 7.41. The molecule has 1 saturated carbocycles. The summed E-state index contributed by atoms with van der Waals surface area (Å²) in [4.78, 5) is 0. The molecule has 2 nitrogen and oxygen atoms in total. The fraction of sp³-hybridized carbons (Fsp3) is 0.611. The maximum Gasteiger partial charge on any atom is 0.0992 e. The topological polar surface area (TPSA) is 33.0 Å². The Kier molecular flexibility index (Phi) is 5.67. The minimum atomic E-state index is 0.320. The summed E-state index contributed by atoms with van der Waals surface area (Å²) in [6.07, 6.45) is 4.02. The lowest BCUT2D eigenvalue weighted by molar-refractivity contribution is -0.0472. The van der Waals surface area contributed by atoms with E-state index in [0.717, 1.165) is 17.9 Å². The molecule has 3 atom stereocenters. The number of ether oxygens (including phenoxy) is 1. The summed E-state index contributed by atoms with van der Waals surface area (Å²) in [7, 11) is 0. The second-order valence-corrected chi connectivity index (χ2v) is 7.00. The van der Waals surface area contributed by atoms with Crippen LogP contribution in [0.4, 0.5) is 0 Å². The molecule has 0 radical (unpaired) electrons. The van der Waals surface area contributed by atoms with Crippen LogP contribution in [0.15, 0.2) is 18.2 Å². The molecule has 21 heavy (non-hydrogen) atoms. The molecule has 1 aromatic rings. The smallest absolute Gasteiger partial charge is 0.0992 e. The van der Waals surface area contributed by atoms with Gasteiger partial charge in [0.1, 0.15) is 0 Å². The van der Waals surface area contributed by atoms with Crippen LogP contribution < -0.4 is 0 Å². The first-order valence-electron chi connectivity index (χ1n) is 7.81. The molecule has 0 saturated heterocycles. The third-order valence-electron chi connectivity index (χ3n) is 4.60. The van der Waals surface area contributed by atoms with E-state index in [1.165, 1.54) is 12.8 Å². The van der Waals surface area contributed by atoms with Gasteiger partial charge in [-0.05, 0) is 48.3 Å². The minimum Gasteiger partial charge on any atom is -0.373 e. The molecule has 0 amide bonds. The van der Waals surface area contributed by atoms with Crippen molar-refractivity contribution in [2.45, 2.75) is 52.7 Å². The maximum atomic E-state index is 8.87. The SMILES string of the molecule is CC1CCC(C(C)C)C(OCc2ccc(C#N)cc2Cl)C1. The Hall–Kier alpha value is -1.04. The largest absolute Gasteiger partial charge is 0.373 e. The molecule has 0 spiro atoms. The summed E-state index contributed by atoms with van der Waals surface area (Å²) >= 11 is 6.22. The Labute approximate surface area is 133 Å². The van der Waals surface area contributed by atoms with Crippen molar-refractivity contribution < 1.29 is 4.74 Å². The predicted octanol–water partition coefficient (Wildman–Crippen LogP) is 5.19. The highest BCUT2D eigenvalue weighted by Gasteiger charge is 2.31. The zero-order valence-corrected chi connectivity index (χ0v) is 13.9. The summed E-state index contributed by atoms with van der Waals surface area (Å²) < 4.78 is 6.20. The molecule has 0 heterocycles. The Bertz CT molecular complexity index is 520. The number of halogens is 1. The second kappa shape index (κ2) is 7.29. The standard InChI is InChI=1S/C18H24ClNO/c1-12(2)16-7-4-13(3)8-18(16)21-11-15-6-5-14(10-20)9-17(15)19/h5-6,9,12-13,16,18H,4,7-8,11H2,1-3H3. The molecule has 0 bridgehead atoms. The molecule has 114 valence electrons. The number of nitrogens with zero attached hydrogens (tertiary/aromatic N) is 1. The normalized spacial score (nSPS) is 25.8. The van der Waals surface area contributed by atoms with Gasteiger partial charge in [-0.1, -0.05) is 44.9 Å². The summed E-state index contributed by atoms with van der Waals surface area (Å²) in [5.74, 6) is 2.03. The van der Waals surface area contributed by atoms with Crippen molar-refractivity contribution in [3.05, 3.63) is 34.3 Å². The van der Waals surface area contributed by atoms with Crippen LogP contribution in [0, 0.1) is 29.1 Å². The molecule has 2 rings (SSSR count). The van der Waals surface area contributed by atoms with Crippen LogP contribution in [0.1, 0.15) is 51.2 Å². The van der Waals surface area contributed by atoms with E-state index in [2.05, 4.69) is 26.8 Å². The van der Waals surface area contributed by atoms with Crippen LogP contribution in [0.2, 0.25) is 5.02 Å². The van der Waals surface area contributed by atoms with Crippen LogP contribution in [-0.2, 0) is 11.3 Å². The Morgan fingerprint density at radius 3 is 2.76 bits per heavy atom. The van der Waals surface area contributed by atoms with Crippen LogP contribution >= 0.6 is 11.6 Å². The minimum absolute atomic E-state index is 0.320. The van der Waals surface area contributed by atoms with Gasteiger partial charge >= 0.3 is 0 Å². The average molecular weight is 306 g/mol. The van der Waals surface area contributed by atoms with Crippen LogP contribution in [0.25, 0.3) is 0 Å². The van der Waals surface area contributed by atoms with E-state index in [1.54, 1.807) is 12.1 Å². The fourth-order valence-corrected chi connectivity index (χ4v) is 3.47. The van der Waals surface area contributed by atoms with Gasteiger partial charge in [-0.15, -0.1) is 0 Å². The van der Waals surface area contributed by atoms with E-state index in [1.807, 2.05) is 6.07 Å². The average Bonchev–Trinajstić information content (AvgIpc) is 2.45. The molecule has 0 N–H and O–H groups in total. The highest BCUT2D eigenvalue weighted by atomic mass is 35.5. The molecule has 3 unspecified atom stereocenters. The van der Waals surface area contributed by atoms with Crippen molar-refractivity contribution >= 4 is 11.6 Å². The number of rotatable bonds is 4. The highest BCUT2D eigenvalue weighted by molar-refractivity contribution is 6.31. The van der Waals surface area contributed by atoms with E-state index in [-0.39, 0.29) is 0 Å². The van der Waals surface area contributed by atoms with E-state index in [9.17, 15) is 0 Å². The number of hydrogen-bond acceptors (Lipinski definition) is 2. The van der Waals surface area contributed by atoms with Crippen LogP contribution in [-0.4, -0.2) is 6.10 Å². The molecule has 1 aliphatic rings. The van der Waals surface area contributed by atoms with Crippen molar-refractivity contribution in [1.82, 2.24) is 0 Å². The summed E-state index contributed by atoms with van der Waals surface area (Å²) in [5, 5.41) is 9.50. The monoisotopic (exact) mass is 305 g/mol. The summed E-state index contributed by atoms with van der Waals surface area (Å²) in [5.41, 5.74) is 1.56. The number of benzene rings is 1. The Morgan fingerprint density at radius 2 is 2.14 bits per heavy atom. The Balaban J connectivity index is 2.02. The molecule has 0 aliphatic heterocycles. The van der Waals surface area contributed by atoms with Crippen molar-refractivity contribution in [2.75, 3.05) is 0 Å². The molecule has 1 aromatic carbocycles. The van der Waals surface area contributed by atoms with E-state index < -0.39 is 0 Å². The van der Waals surface area contributed by atoms with Crippen molar-refractivity contribution in [3.8, 4) is 6.07 Å². The molecule has 1 fully saturated rings. The molecular weight excluding hydrogens is 282 g/mol. The van der Waals surface area contributed by atoms with Crippen molar-refractivity contribution in [3.63, 3.8) is 0 Å². The maximum absolute atomic E-state index is 8.87. The van der Waals surface area contributed by atoms with Gasteiger partial charge in [0, 0.05) is 5.02 Å². The van der Waals surface area contributed by atoms with Gasteiger partial charge in [-0.25, -0.2) is 0 Å². The fourth-order valence-electron chi connectivity index (χ4n) is 3.24. The van der Waals surface area contributed by atoms with Gasteiger partial charge in [-0.3, -0.25) is 0 Å². The first-order chi connectivity index (χ1) is 10.0. The van der Waals surface area contributed by atoms with Crippen molar-refractivity contribution in [2.24, 2.45) is 17.8 Å². The lowest BCUT2D eigenvalue weighted by atomic mass is 9.75. The molecule has 0 aromatic heterocycles. The van der Waals surface area contributed by atoms with E-state index in [0.29, 0.717) is 35.1 Å². The van der Waals surface area contributed by atoms with E-state index >= 15 is 0 Å². The summed E-state index contributed by atoms with van der Waals surface area (Å²) in [6, 6.07) is 7.51. The van der Waals surface area contributed by atoms with Crippen LogP contribution in [0.3, 0.4) is 0 Å². The lowest BCUT2D eigenvalue weighted by Crippen LogP contribution is -2.34. The van der Waals surface area contributed by atoms with Gasteiger partial charge in [0.2, 0.25) is 0 Å². The number of hydrogen-bond donors (Lipinski definition) is 0. The predicted molar refractivity (Wildman–Crippen MR) is 86.1 cm³/mol. The van der Waals surface area contributed by atoms with Gasteiger partial charge in [0.15, 0.2) is 0 Å². The number of nitriles is 1. The third-order valence-corrected chi connectivity index (χ3v) is 4.95. The molecule has 1 aliphatic carbocycles. The molecule has 3 heteroatoms. The second-order valence-electron chi connectivity index (χ2n) is 6.59.